The number of ether oxygens (including phenoxy) is 1. The molecule has 0 saturated carbocycles. The van der Waals surface area contributed by atoms with E-state index in [1.165, 1.54) is 0 Å². The quantitative estimate of drug-likeness (QED) is 0.830. The molecule has 0 aromatic heterocycles. The standard InChI is InChI=1S/C20H23NO3/c1-2-24-20-6-4-3-5-19(20)15-7-8-18(17(11-15)13-22)16-9-10-21(12-16)14-23/h3-8,11,14,16,22H,2,9-10,12-13H2,1H3. The summed E-state index contributed by atoms with van der Waals surface area (Å²) in [5.41, 5.74) is 4.13. The van der Waals surface area contributed by atoms with E-state index in [-0.39, 0.29) is 6.61 Å². The van der Waals surface area contributed by atoms with Gasteiger partial charge in [-0.1, -0.05) is 30.3 Å². The Bertz CT molecular complexity index is 714. The van der Waals surface area contributed by atoms with Crippen molar-refractivity contribution in [3.8, 4) is 16.9 Å². The maximum Gasteiger partial charge on any atom is 0.209 e. The summed E-state index contributed by atoms with van der Waals surface area (Å²) in [7, 11) is 0. The van der Waals surface area contributed by atoms with Gasteiger partial charge in [0.2, 0.25) is 6.41 Å². The van der Waals surface area contributed by atoms with Crippen LogP contribution in [-0.2, 0) is 11.4 Å². The number of aliphatic hydroxyl groups excluding tert-OH is 1. The van der Waals surface area contributed by atoms with E-state index in [1.807, 2.05) is 37.3 Å². The SMILES string of the molecule is CCOc1ccccc1-c1ccc(C2CCN(C=O)C2)c(CO)c1. The molecule has 1 aliphatic heterocycles. The fourth-order valence-corrected chi connectivity index (χ4v) is 3.43. The number of benzene rings is 2. The van der Waals surface area contributed by atoms with E-state index >= 15 is 0 Å². The molecule has 1 unspecified atom stereocenters. The first kappa shape index (κ1) is 16.5. The molecule has 1 atom stereocenters. The Morgan fingerprint density at radius 1 is 1.29 bits per heavy atom. The minimum Gasteiger partial charge on any atom is -0.493 e. The first-order valence-corrected chi connectivity index (χ1v) is 8.42. The topological polar surface area (TPSA) is 49.8 Å². The molecule has 0 aliphatic carbocycles. The number of rotatable bonds is 6. The van der Waals surface area contributed by atoms with Crippen molar-refractivity contribution < 1.29 is 14.6 Å². The lowest BCUT2D eigenvalue weighted by molar-refractivity contribution is -0.117. The van der Waals surface area contributed by atoms with Crippen LogP contribution in [0.25, 0.3) is 11.1 Å². The third kappa shape index (κ3) is 3.29. The van der Waals surface area contributed by atoms with Crippen molar-refractivity contribution in [3.05, 3.63) is 53.6 Å². The molecule has 4 heteroatoms. The zero-order valence-corrected chi connectivity index (χ0v) is 13.9. The third-order valence-corrected chi connectivity index (χ3v) is 4.62. The van der Waals surface area contributed by atoms with E-state index in [4.69, 9.17) is 4.74 Å². The van der Waals surface area contributed by atoms with Crippen LogP contribution in [0.15, 0.2) is 42.5 Å². The second-order valence-electron chi connectivity index (χ2n) is 6.09. The first-order chi connectivity index (χ1) is 11.8. The maximum atomic E-state index is 10.9. The summed E-state index contributed by atoms with van der Waals surface area (Å²) in [4.78, 5) is 12.7. The molecule has 1 fully saturated rings. The number of nitrogens with zero attached hydrogens (tertiary/aromatic N) is 1. The fraction of sp³-hybridized carbons (Fsp3) is 0.350. The summed E-state index contributed by atoms with van der Waals surface area (Å²) >= 11 is 0. The molecule has 1 N–H and O–H groups in total. The van der Waals surface area contributed by atoms with Crippen LogP contribution in [0.4, 0.5) is 0 Å². The molecule has 3 rings (SSSR count). The molecule has 0 radical (unpaired) electrons. The number of para-hydroxylation sites is 1. The van der Waals surface area contributed by atoms with Crippen LogP contribution in [0.5, 0.6) is 5.75 Å². The smallest absolute Gasteiger partial charge is 0.209 e. The van der Waals surface area contributed by atoms with Crippen LogP contribution in [-0.4, -0.2) is 36.1 Å². The Morgan fingerprint density at radius 3 is 2.83 bits per heavy atom. The van der Waals surface area contributed by atoms with Gasteiger partial charge < -0.3 is 14.7 Å². The number of carbonyl (C=O) groups excluding carboxylic acids is 1. The van der Waals surface area contributed by atoms with Crippen molar-refractivity contribution in [1.29, 1.82) is 0 Å². The van der Waals surface area contributed by atoms with Crippen molar-refractivity contribution in [2.45, 2.75) is 25.9 Å². The maximum absolute atomic E-state index is 10.9. The Labute approximate surface area is 142 Å². The molecule has 2 aromatic rings. The highest BCUT2D eigenvalue weighted by Crippen LogP contribution is 2.35. The lowest BCUT2D eigenvalue weighted by Crippen LogP contribution is -2.17. The summed E-state index contributed by atoms with van der Waals surface area (Å²) in [6.07, 6.45) is 1.85. The number of hydrogen-bond donors (Lipinski definition) is 1. The van der Waals surface area contributed by atoms with E-state index in [2.05, 4.69) is 12.1 Å². The van der Waals surface area contributed by atoms with Gasteiger partial charge in [0.25, 0.3) is 0 Å². The average molecular weight is 325 g/mol. The second-order valence-corrected chi connectivity index (χ2v) is 6.09. The van der Waals surface area contributed by atoms with Crippen LogP contribution < -0.4 is 4.74 Å². The number of likely N-dealkylation sites (tertiary alicyclic amines) is 1. The van der Waals surface area contributed by atoms with Crippen molar-refractivity contribution >= 4 is 6.41 Å². The Kier molecular flexibility index (Phi) is 5.16. The Hall–Kier alpha value is -2.33. The molecule has 4 nitrogen and oxygen atoms in total. The molecular formula is C20H23NO3. The van der Waals surface area contributed by atoms with Crippen LogP contribution >= 0.6 is 0 Å². The summed E-state index contributed by atoms with van der Waals surface area (Å²) < 4.78 is 5.72. The second kappa shape index (κ2) is 7.49. The predicted octanol–water partition coefficient (Wildman–Crippen LogP) is 3.19. The number of carbonyl (C=O) groups is 1. The van der Waals surface area contributed by atoms with Crippen LogP contribution in [0.3, 0.4) is 0 Å². The highest BCUT2D eigenvalue weighted by atomic mass is 16.5. The fourth-order valence-electron chi connectivity index (χ4n) is 3.43. The largest absolute Gasteiger partial charge is 0.493 e. The van der Waals surface area contributed by atoms with Crippen molar-refractivity contribution in [2.24, 2.45) is 0 Å². The van der Waals surface area contributed by atoms with Gasteiger partial charge >= 0.3 is 0 Å². The summed E-state index contributed by atoms with van der Waals surface area (Å²) in [6.45, 7) is 4.10. The Balaban J connectivity index is 1.94. The van der Waals surface area contributed by atoms with Crippen LogP contribution in [0, 0.1) is 0 Å². The van der Waals surface area contributed by atoms with Gasteiger partial charge in [0.1, 0.15) is 5.75 Å². The molecule has 1 aliphatic rings. The lowest BCUT2D eigenvalue weighted by atomic mass is 9.90. The third-order valence-electron chi connectivity index (χ3n) is 4.62. The predicted molar refractivity (Wildman–Crippen MR) is 94.0 cm³/mol. The molecule has 24 heavy (non-hydrogen) atoms. The van der Waals surface area contributed by atoms with Crippen molar-refractivity contribution in [1.82, 2.24) is 4.90 Å². The molecule has 1 amide bonds. The zero-order chi connectivity index (χ0) is 16.9. The minimum absolute atomic E-state index is 0.00242. The van der Waals surface area contributed by atoms with E-state index < -0.39 is 0 Å². The molecular weight excluding hydrogens is 302 g/mol. The summed E-state index contributed by atoms with van der Waals surface area (Å²) in [5.74, 6) is 1.15. The van der Waals surface area contributed by atoms with Gasteiger partial charge in [-0.2, -0.15) is 0 Å². The number of amides is 1. The van der Waals surface area contributed by atoms with Crippen LogP contribution in [0.2, 0.25) is 0 Å². The number of hydrogen-bond acceptors (Lipinski definition) is 3. The van der Waals surface area contributed by atoms with Gasteiger partial charge in [0.15, 0.2) is 0 Å². The Morgan fingerprint density at radius 2 is 2.12 bits per heavy atom. The van der Waals surface area contributed by atoms with E-state index in [0.29, 0.717) is 12.5 Å². The normalized spacial score (nSPS) is 17.1. The zero-order valence-electron chi connectivity index (χ0n) is 13.9. The number of aliphatic hydroxyl groups is 1. The monoisotopic (exact) mass is 325 g/mol. The first-order valence-electron chi connectivity index (χ1n) is 8.42. The van der Waals surface area contributed by atoms with Crippen LogP contribution in [0.1, 0.15) is 30.4 Å². The highest BCUT2D eigenvalue weighted by Gasteiger charge is 2.24. The molecule has 0 bridgehead atoms. The highest BCUT2D eigenvalue weighted by molar-refractivity contribution is 5.71. The average Bonchev–Trinajstić information content (AvgIpc) is 3.11. The van der Waals surface area contributed by atoms with E-state index in [9.17, 15) is 9.90 Å². The summed E-state index contributed by atoms with van der Waals surface area (Å²) in [5, 5.41) is 9.83. The molecule has 0 spiro atoms. The summed E-state index contributed by atoms with van der Waals surface area (Å²) in [6, 6.07) is 14.1. The van der Waals surface area contributed by atoms with Gasteiger partial charge in [0, 0.05) is 24.6 Å². The van der Waals surface area contributed by atoms with Crippen molar-refractivity contribution in [2.75, 3.05) is 19.7 Å². The van der Waals surface area contributed by atoms with Gasteiger partial charge in [-0.3, -0.25) is 4.79 Å². The van der Waals surface area contributed by atoms with E-state index in [1.54, 1.807) is 4.90 Å². The van der Waals surface area contributed by atoms with Gasteiger partial charge in [-0.05, 0) is 42.2 Å². The molecule has 2 aromatic carbocycles. The van der Waals surface area contributed by atoms with Gasteiger partial charge in [0.05, 0.1) is 13.2 Å². The van der Waals surface area contributed by atoms with Gasteiger partial charge in [-0.25, -0.2) is 0 Å². The lowest BCUT2D eigenvalue weighted by Gasteiger charge is -2.17. The molecule has 1 saturated heterocycles. The van der Waals surface area contributed by atoms with Gasteiger partial charge in [-0.15, -0.1) is 0 Å². The minimum atomic E-state index is -0.00242. The molecule has 126 valence electrons. The van der Waals surface area contributed by atoms with Crippen molar-refractivity contribution in [3.63, 3.8) is 0 Å². The van der Waals surface area contributed by atoms with E-state index in [0.717, 1.165) is 53.9 Å². The molecule has 1 heterocycles.